The summed E-state index contributed by atoms with van der Waals surface area (Å²) in [5.41, 5.74) is 0.300. The van der Waals surface area contributed by atoms with Crippen molar-refractivity contribution < 1.29 is 12.8 Å². The second kappa shape index (κ2) is 5.44. The molecular formula is C11H6FIN2O2S2. The van der Waals surface area contributed by atoms with Gasteiger partial charge in [-0.2, -0.15) is 5.26 Å². The van der Waals surface area contributed by atoms with Gasteiger partial charge in [-0.15, -0.1) is 11.3 Å². The quantitative estimate of drug-likeness (QED) is 0.794. The van der Waals surface area contributed by atoms with Crippen molar-refractivity contribution in [3.63, 3.8) is 0 Å². The van der Waals surface area contributed by atoms with Crippen molar-refractivity contribution in [3.05, 3.63) is 44.6 Å². The molecule has 0 bridgehead atoms. The Labute approximate surface area is 127 Å². The van der Waals surface area contributed by atoms with Crippen molar-refractivity contribution >= 4 is 49.6 Å². The molecular weight excluding hydrogens is 402 g/mol. The molecule has 0 atom stereocenters. The number of hydrogen-bond donors (Lipinski definition) is 1. The smallest absolute Gasteiger partial charge is 0.271 e. The molecule has 1 heterocycles. The van der Waals surface area contributed by atoms with E-state index < -0.39 is 15.8 Å². The maximum Gasteiger partial charge on any atom is 0.271 e. The molecule has 0 saturated heterocycles. The van der Waals surface area contributed by atoms with Gasteiger partial charge in [0.25, 0.3) is 10.0 Å². The molecule has 0 fully saturated rings. The van der Waals surface area contributed by atoms with E-state index in [1.54, 1.807) is 0 Å². The minimum absolute atomic E-state index is 0.0455. The summed E-state index contributed by atoms with van der Waals surface area (Å²) in [5, 5.41) is 8.68. The van der Waals surface area contributed by atoms with Crippen molar-refractivity contribution in [2.75, 3.05) is 4.72 Å². The predicted octanol–water partition coefficient (Wildman–Crippen LogP) is 3.16. The first-order valence-corrected chi connectivity index (χ1v) is 8.28. The number of thiophene rings is 1. The van der Waals surface area contributed by atoms with Crippen LogP contribution in [0.4, 0.5) is 10.1 Å². The van der Waals surface area contributed by atoms with E-state index in [0.29, 0.717) is 14.1 Å². The summed E-state index contributed by atoms with van der Waals surface area (Å²) in [6, 6.07) is 8.44. The van der Waals surface area contributed by atoms with E-state index >= 15 is 0 Å². The number of sulfonamides is 1. The number of nitriles is 1. The van der Waals surface area contributed by atoms with Crippen LogP contribution in [-0.4, -0.2) is 8.42 Å². The van der Waals surface area contributed by atoms with Crippen LogP contribution >= 0.6 is 33.9 Å². The van der Waals surface area contributed by atoms with E-state index in [4.69, 9.17) is 5.26 Å². The number of anilines is 1. The molecule has 0 amide bonds. The number of hydrogen-bond acceptors (Lipinski definition) is 4. The highest BCUT2D eigenvalue weighted by Crippen LogP contribution is 2.26. The first kappa shape index (κ1) is 14.2. The maximum atomic E-state index is 12.9. The summed E-state index contributed by atoms with van der Waals surface area (Å²) < 4.78 is 39.9. The molecule has 1 aromatic heterocycles. The monoisotopic (exact) mass is 408 g/mol. The van der Waals surface area contributed by atoms with Crippen LogP contribution in [0, 0.1) is 20.7 Å². The average Bonchev–Trinajstić information content (AvgIpc) is 2.82. The molecule has 1 aromatic carbocycles. The third-order valence-electron chi connectivity index (χ3n) is 2.13. The fourth-order valence-electron chi connectivity index (χ4n) is 1.29. The molecule has 0 saturated carbocycles. The third-order valence-corrected chi connectivity index (χ3v) is 5.87. The van der Waals surface area contributed by atoms with Crippen LogP contribution in [0.15, 0.2) is 34.5 Å². The summed E-state index contributed by atoms with van der Waals surface area (Å²) in [6.07, 6.45) is 0. The zero-order valence-corrected chi connectivity index (χ0v) is 13.0. The van der Waals surface area contributed by atoms with Gasteiger partial charge in [-0.3, -0.25) is 4.72 Å². The van der Waals surface area contributed by atoms with E-state index in [0.717, 1.165) is 11.3 Å². The van der Waals surface area contributed by atoms with E-state index in [9.17, 15) is 12.8 Å². The van der Waals surface area contributed by atoms with E-state index in [1.807, 2.05) is 28.7 Å². The van der Waals surface area contributed by atoms with Gasteiger partial charge in [-0.1, -0.05) is 0 Å². The van der Waals surface area contributed by atoms with Crippen LogP contribution in [0.1, 0.15) is 4.88 Å². The van der Waals surface area contributed by atoms with Gasteiger partial charge in [-0.25, -0.2) is 12.8 Å². The Morgan fingerprint density at radius 1 is 1.32 bits per heavy atom. The SMILES string of the molecule is N#Cc1ccc(S(=O)(=O)Nc2ccc(F)cc2I)s1. The summed E-state index contributed by atoms with van der Waals surface area (Å²) in [4.78, 5) is 0.314. The molecule has 98 valence electrons. The second-order valence-corrected chi connectivity index (χ2v) is 7.62. The molecule has 0 radical (unpaired) electrons. The Hall–Kier alpha value is -1.18. The predicted molar refractivity (Wildman–Crippen MR) is 79.0 cm³/mol. The lowest BCUT2D eigenvalue weighted by Gasteiger charge is -2.08. The van der Waals surface area contributed by atoms with Crippen LogP contribution in [0.2, 0.25) is 0 Å². The number of nitrogens with zero attached hydrogens (tertiary/aromatic N) is 1. The van der Waals surface area contributed by atoms with Gasteiger partial charge in [0, 0.05) is 3.57 Å². The Bertz CT molecular complexity index is 765. The fourth-order valence-corrected chi connectivity index (χ4v) is 4.27. The summed E-state index contributed by atoms with van der Waals surface area (Å²) in [5.74, 6) is -0.435. The number of nitrogens with one attached hydrogen (secondary N) is 1. The lowest BCUT2D eigenvalue weighted by Crippen LogP contribution is -2.12. The molecule has 0 aliphatic carbocycles. The lowest BCUT2D eigenvalue weighted by molar-refractivity contribution is 0.603. The lowest BCUT2D eigenvalue weighted by atomic mass is 10.3. The van der Waals surface area contributed by atoms with Gasteiger partial charge in [0.1, 0.15) is 21.0 Å². The third kappa shape index (κ3) is 3.23. The summed E-state index contributed by atoms with van der Waals surface area (Å²) in [7, 11) is -3.75. The standard InChI is InChI=1S/C11H6FIN2O2S2/c12-7-1-3-10(9(13)5-7)15-19(16,17)11-4-2-8(6-14)18-11/h1-5,15H. The summed E-state index contributed by atoms with van der Waals surface area (Å²) in [6.45, 7) is 0. The van der Waals surface area contributed by atoms with E-state index in [1.165, 1.54) is 30.3 Å². The van der Waals surface area contributed by atoms with Crippen LogP contribution in [-0.2, 0) is 10.0 Å². The largest absolute Gasteiger partial charge is 0.278 e. The Morgan fingerprint density at radius 3 is 2.63 bits per heavy atom. The zero-order valence-electron chi connectivity index (χ0n) is 9.22. The Kier molecular flexibility index (Phi) is 4.07. The molecule has 0 aliphatic rings. The Balaban J connectivity index is 2.34. The second-order valence-electron chi connectivity index (χ2n) is 3.46. The summed E-state index contributed by atoms with van der Waals surface area (Å²) >= 11 is 2.72. The highest BCUT2D eigenvalue weighted by Gasteiger charge is 2.18. The van der Waals surface area contributed by atoms with Crippen LogP contribution in [0.5, 0.6) is 0 Å². The number of benzene rings is 1. The molecule has 2 rings (SSSR count). The average molecular weight is 408 g/mol. The number of rotatable bonds is 3. The highest BCUT2D eigenvalue weighted by atomic mass is 127. The first-order valence-electron chi connectivity index (χ1n) is 4.90. The van der Waals surface area contributed by atoms with Gasteiger partial charge in [0.05, 0.1) is 5.69 Å². The van der Waals surface area contributed by atoms with Gasteiger partial charge in [-0.05, 0) is 52.9 Å². The molecule has 0 spiro atoms. The molecule has 2 aromatic rings. The molecule has 0 unspecified atom stereocenters. The van der Waals surface area contributed by atoms with Crippen LogP contribution < -0.4 is 4.72 Å². The molecule has 4 nitrogen and oxygen atoms in total. The van der Waals surface area contributed by atoms with Crippen LogP contribution in [0.3, 0.4) is 0 Å². The molecule has 1 N–H and O–H groups in total. The van der Waals surface area contributed by atoms with Crippen molar-refractivity contribution in [1.82, 2.24) is 0 Å². The number of halogens is 2. The zero-order chi connectivity index (χ0) is 14.0. The normalized spacial score (nSPS) is 11.0. The van der Waals surface area contributed by atoms with Gasteiger partial charge >= 0.3 is 0 Å². The first-order chi connectivity index (χ1) is 8.92. The van der Waals surface area contributed by atoms with E-state index in [-0.39, 0.29) is 4.21 Å². The Morgan fingerprint density at radius 2 is 2.05 bits per heavy atom. The van der Waals surface area contributed by atoms with Gasteiger partial charge in [0.2, 0.25) is 0 Å². The van der Waals surface area contributed by atoms with E-state index in [2.05, 4.69) is 4.72 Å². The van der Waals surface area contributed by atoms with Crippen molar-refractivity contribution in [2.45, 2.75) is 4.21 Å². The van der Waals surface area contributed by atoms with Crippen LogP contribution in [0.25, 0.3) is 0 Å². The van der Waals surface area contributed by atoms with Crippen molar-refractivity contribution in [1.29, 1.82) is 5.26 Å². The highest BCUT2D eigenvalue weighted by molar-refractivity contribution is 14.1. The maximum absolute atomic E-state index is 12.9. The van der Waals surface area contributed by atoms with Gasteiger partial charge in [0.15, 0.2) is 0 Å². The minimum atomic E-state index is -3.75. The molecule has 8 heteroatoms. The fraction of sp³-hybridized carbons (Fsp3) is 0. The molecule has 19 heavy (non-hydrogen) atoms. The minimum Gasteiger partial charge on any atom is -0.278 e. The van der Waals surface area contributed by atoms with Gasteiger partial charge < -0.3 is 0 Å². The van der Waals surface area contributed by atoms with Crippen molar-refractivity contribution in [2.24, 2.45) is 0 Å². The topological polar surface area (TPSA) is 70.0 Å². The van der Waals surface area contributed by atoms with Crippen molar-refractivity contribution in [3.8, 4) is 6.07 Å². The molecule has 0 aliphatic heterocycles.